The van der Waals surface area contributed by atoms with Crippen LogP contribution in [0.25, 0.3) is 0 Å². The number of urea groups is 1. The lowest BCUT2D eigenvalue weighted by Gasteiger charge is -2.28. The Balaban J connectivity index is 1.93. The number of benzene rings is 2. The number of carbonyl (C=O) groups is 3. The summed E-state index contributed by atoms with van der Waals surface area (Å²) in [5.74, 6) is -0.395. The lowest BCUT2D eigenvalue weighted by atomic mass is 9.83. The average Bonchev–Trinajstić information content (AvgIpc) is 2.92. The Hall–Kier alpha value is -2.64. The molecule has 7 heteroatoms. The molecule has 1 N–H and O–H groups in total. The minimum atomic E-state index is -1.29. The Labute approximate surface area is 162 Å². The number of amides is 3. The first kappa shape index (κ1) is 19.1. The predicted molar refractivity (Wildman–Crippen MR) is 105 cm³/mol. The summed E-state index contributed by atoms with van der Waals surface area (Å²) in [7, 11) is 3.59. The molecule has 3 amide bonds. The molecule has 2 aromatic rings. The van der Waals surface area contributed by atoms with E-state index in [1.807, 2.05) is 60.7 Å². The number of thioether (sulfide) groups is 1. The molecule has 1 aliphatic rings. The number of nitrogens with zero attached hydrogens (tertiary/aromatic N) is 2. The van der Waals surface area contributed by atoms with Crippen molar-refractivity contribution in [2.24, 2.45) is 0 Å². The van der Waals surface area contributed by atoms with E-state index in [1.165, 1.54) is 0 Å². The van der Waals surface area contributed by atoms with E-state index in [0.29, 0.717) is 11.1 Å². The Morgan fingerprint density at radius 1 is 1.00 bits per heavy atom. The highest BCUT2D eigenvalue weighted by atomic mass is 32.2. The van der Waals surface area contributed by atoms with Crippen molar-refractivity contribution < 1.29 is 14.4 Å². The monoisotopic (exact) mass is 383 g/mol. The normalized spacial score (nSPS) is 15.9. The molecule has 140 valence electrons. The number of hydrogen-bond acceptors (Lipinski definition) is 5. The molecular formula is C20H21N3O3S. The van der Waals surface area contributed by atoms with Gasteiger partial charge in [0.2, 0.25) is 5.12 Å². The van der Waals surface area contributed by atoms with Crippen molar-refractivity contribution in [2.75, 3.05) is 26.5 Å². The van der Waals surface area contributed by atoms with Gasteiger partial charge in [0.25, 0.3) is 5.91 Å². The summed E-state index contributed by atoms with van der Waals surface area (Å²) in [6.07, 6.45) is 0. The molecule has 1 fully saturated rings. The highest BCUT2D eigenvalue weighted by molar-refractivity contribution is 8.13. The maximum atomic E-state index is 13.4. The van der Waals surface area contributed by atoms with E-state index in [-0.39, 0.29) is 23.4 Å². The fourth-order valence-corrected chi connectivity index (χ4v) is 3.92. The Morgan fingerprint density at radius 2 is 1.52 bits per heavy atom. The molecule has 0 aliphatic carbocycles. The minimum Gasteiger partial charge on any atom is -0.315 e. The third-order valence-corrected chi connectivity index (χ3v) is 5.16. The van der Waals surface area contributed by atoms with Crippen molar-refractivity contribution in [3.05, 3.63) is 71.8 Å². The molecule has 2 aromatic carbocycles. The van der Waals surface area contributed by atoms with E-state index < -0.39 is 11.6 Å². The van der Waals surface area contributed by atoms with Gasteiger partial charge in [-0.15, -0.1) is 0 Å². The highest BCUT2D eigenvalue weighted by Crippen LogP contribution is 2.36. The SMILES string of the molecule is CN(C)CC(=O)SCN1C(=O)NC(c2ccccc2)(c2ccccc2)C1=O. The number of rotatable bonds is 6. The first-order chi connectivity index (χ1) is 12.9. The van der Waals surface area contributed by atoms with Crippen LogP contribution in [0, 0.1) is 0 Å². The molecule has 0 saturated carbocycles. The van der Waals surface area contributed by atoms with Crippen LogP contribution < -0.4 is 5.32 Å². The van der Waals surface area contributed by atoms with Crippen LogP contribution in [0.3, 0.4) is 0 Å². The van der Waals surface area contributed by atoms with Gasteiger partial charge in [-0.3, -0.25) is 14.5 Å². The first-order valence-corrected chi connectivity index (χ1v) is 9.49. The highest BCUT2D eigenvalue weighted by Gasteiger charge is 2.53. The van der Waals surface area contributed by atoms with Crippen molar-refractivity contribution in [1.29, 1.82) is 0 Å². The van der Waals surface area contributed by atoms with Crippen LogP contribution in [0.2, 0.25) is 0 Å². The zero-order valence-corrected chi connectivity index (χ0v) is 16.0. The molecule has 0 spiro atoms. The fraction of sp³-hybridized carbons (Fsp3) is 0.250. The zero-order valence-electron chi connectivity index (χ0n) is 15.2. The largest absolute Gasteiger partial charge is 0.326 e. The van der Waals surface area contributed by atoms with Crippen LogP contribution in [0.5, 0.6) is 0 Å². The molecule has 0 aromatic heterocycles. The molecule has 1 aliphatic heterocycles. The van der Waals surface area contributed by atoms with Gasteiger partial charge in [0.1, 0.15) is 0 Å². The van der Waals surface area contributed by atoms with E-state index >= 15 is 0 Å². The molecule has 6 nitrogen and oxygen atoms in total. The smallest absolute Gasteiger partial charge is 0.315 e. The van der Waals surface area contributed by atoms with Crippen LogP contribution >= 0.6 is 11.8 Å². The molecule has 0 atom stereocenters. The molecule has 3 rings (SSSR count). The Bertz CT molecular complexity index is 801. The van der Waals surface area contributed by atoms with Gasteiger partial charge in [0.05, 0.1) is 12.4 Å². The zero-order chi connectivity index (χ0) is 19.4. The van der Waals surface area contributed by atoms with Gasteiger partial charge in [0.15, 0.2) is 5.54 Å². The number of likely N-dealkylation sites (N-methyl/N-ethyl adjacent to an activating group) is 1. The van der Waals surface area contributed by atoms with Crippen LogP contribution in [0.15, 0.2) is 60.7 Å². The number of hydrogen-bond donors (Lipinski definition) is 1. The molecule has 27 heavy (non-hydrogen) atoms. The van der Waals surface area contributed by atoms with Gasteiger partial charge in [-0.1, -0.05) is 72.4 Å². The molecule has 0 unspecified atom stereocenters. The van der Waals surface area contributed by atoms with E-state index in [1.54, 1.807) is 19.0 Å². The summed E-state index contributed by atoms with van der Waals surface area (Å²) in [4.78, 5) is 40.9. The molecule has 1 heterocycles. The number of imide groups is 1. The Kier molecular flexibility index (Phi) is 5.62. The van der Waals surface area contributed by atoms with Gasteiger partial charge in [-0.05, 0) is 25.2 Å². The van der Waals surface area contributed by atoms with Crippen molar-refractivity contribution in [3.63, 3.8) is 0 Å². The molecular weight excluding hydrogens is 362 g/mol. The summed E-state index contributed by atoms with van der Waals surface area (Å²) < 4.78 is 0. The van der Waals surface area contributed by atoms with Crippen LogP contribution in [0.1, 0.15) is 11.1 Å². The third kappa shape index (κ3) is 3.74. The van der Waals surface area contributed by atoms with Gasteiger partial charge < -0.3 is 10.2 Å². The van der Waals surface area contributed by atoms with Crippen molar-refractivity contribution in [1.82, 2.24) is 15.1 Å². The van der Waals surface area contributed by atoms with E-state index in [4.69, 9.17) is 0 Å². The summed E-state index contributed by atoms with van der Waals surface area (Å²) >= 11 is 0.964. The van der Waals surface area contributed by atoms with Crippen LogP contribution in [-0.4, -0.2) is 53.4 Å². The van der Waals surface area contributed by atoms with Crippen molar-refractivity contribution >= 4 is 28.8 Å². The van der Waals surface area contributed by atoms with Gasteiger partial charge in [0, 0.05) is 0 Å². The van der Waals surface area contributed by atoms with Gasteiger partial charge in [-0.25, -0.2) is 4.79 Å². The topological polar surface area (TPSA) is 69.7 Å². The van der Waals surface area contributed by atoms with Crippen LogP contribution in [-0.2, 0) is 15.1 Å². The summed E-state index contributed by atoms with van der Waals surface area (Å²) in [6, 6.07) is 17.8. The predicted octanol–water partition coefficient (Wildman–Crippen LogP) is 2.26. The fourth-order valence-electron chi connectivity index (χ4n) is 3.07. The summed E-state index contributed by atoms with van der Waals surface area (Å²) in [5, 5.41) is 2.77. The van der Waals surface area contributed by atoms with Gasteiger partial charge >= 0.3 is 6.03 Å². The van der Waals surface area contributed by atoms with Crippen molar-refractivity contribution in [2.45, 2.75) is 5.54 Å². The standard InChI is InChI=1S/C20H21N3O3S/c1-22(2)13-17(24)27-14-23-18(25)20(21-19(23)26,15-9-5-3-6-10-15)16-11-7-4-8-12-16/h3-12H,13-14H2,1-2H3,(H,21,26). The number of carbonyl (C=O) groups excluding carboxylic acids is 3. The minimum absolute atomic E-state index is 0.0151. The lowest BCUT2D eigenvalue weighted by Crippen LogP contribution is -2.45. The maximum Gasteiger partial charge on any atom is 0.326 e. The molecule has 1 saturated heterocycles. The maximum absolute atomic E-state index is 13.4. The van der Waals surface area contributed by atoms with E-state index in [2.05, 4.69) is 5.32 Å². The third-order valence-electron chi connectivity index (χ3n) is 4.32. The second-order valence-corrected chi connectivity index (χ2v) is 7.53. The Morgan fingerprint density at radius 3 is 2.00 bits per heavy atom. The van der Waals surface area contributed by atoms with Crippen LogP contribution in [0.4, 0.5) is 4.79 Å². The quantitative estimate of drug-likeness (QED) is 0.775. The lowest BCUT2D eigenvalue weighted by molar-refractivity contribution is -0.129. The summed E-state index contributed by atoms with van der Waals surface area (Å²) in [5.41, 5.74) is 0.0773. The number of nitrogens with one attached hydrogen (secondary N) is 1. The second kappa shape index (κ2) is 7.94. The average molecular weight is 383 g/mol. The second-order valence-electron chi connectivity index (χ2n) is 6.53. The molecule has 0 bridgehead atoms. The molecule has 0 radical (unpaired) electrons. The van der Waals surface area contributed by atoms with Crippen molar-refractivity contribution in [3.8, 4) is 0 Å². The van der Waals surface area contributed by atoms with E-state index in [9.17, 15) is 14.4 Å². The van der Waals surface area contributed by atoms with E-state index in [0.717, 1.165) is 16.7 Å². The summed E-state index contributed by atoms with van der Waals surface area (Å²) in [6.45, 7) is 0.247. The van der Waals surface area contributed by atoms with Gasteiger partial charge in [-0.2, -0.15) is 0 Å². The first-order valence-electron chi connectivity index (χ1n) is 8.50.